The number of hydrogen-bond acceptors (Lipinski definition) is 5. The SMILES string of the molecule is C=C(C)Oc1ccc(F)cc1CC1CNC(=O)CN(S(=O)(=O)c2ccc(C)cc2)C1=O. The number of aryl methyl sites for hydroxylation is 1. The molecule has 1 atom stereocenters. The molecule has 1 unspecified atom stereocenters. The van der Waals surface area contributed by atoms with Crippen LogP contribution in [0.3, 0.4) is 0 Å². The average Bonchev–Trinajstić information content (AvgIpc) is 2.84. The van der Waals surface area contributed by atoms with E-state index in [2.05, 4.69) is 11.9 Å². The van der Waals surface area contributed by atoms with Gasteiger partial charge in [0.15, 0.2) is 0 Å². The maximum absolute atomic E-state index is 13.9. The number of hydrogen-bond donors (Lipinski definition) is 1. The summed E-state index contributed by atoms with van der Waals surface area (Å²) in [5.41, 5.74) is 1.22. The van der Waals surface area contributed by atoms with E-state index in [0.717, 1.165) is 5.56 Å². The van der Waals surface area contributed by atoms with E-state index in [0.29, 0.717) is 21.4 Å². The van der Waals surface area contributed by atoms with E-state index in [4.69, 9.17) is 4.74 Å². The highest BCUT2D eigenvalue weighted by Gasteiger charge is 2.38. The van der Waals surface area contributed by atoms with Gasteiger partial charge in [0.1, 0.15) is 18.1 Å². The van der Waals surface area contributed by atoms with Crippen LogP contribution in [0.25, 0.3) is 0 Å². The first-order valence-corrected chi connectivity index (χ1v) is 11.0. The van der Waals surface area contributed by atoms with Crippen LogP contribution in [0.5, 0.6) is 5.75 Å². The van der Waals surface area contributed by atoms with Gasteiger partial charge in [-0.1, -0.05) is 24.3 Å². The Balaban J connectivity index is 1.95. The van der Waals surface area contributed by atoms with Crippen LogP contribution in [0.4, 0.5) is 4.39 Å². The second-order valence-electron chi connectivity index (χ2n) is 7.42. The molecule has 1 aliphatic rings. The van der Waals surface area contributed by atoms with Gasteiger partial charge in [0.05, 0.1) is 16.6 Å². The first-order chi connectivity index (χ1) is 14.6. The zero-order valence-corrected chi connectivity index (χ0v) is 18.0. The van der Waals surface area contributed by atoms with E-state index in [-0.39, 0.29) is 17.9 Å². The molecule has 1 aliphatic heterocycles. The highest BCUT2D eigenvalue weighted by atomic mass is 32.2. The molecule has 1 saturated heterocycles. The monoisotopic (exact) mass is 446 g/mol. The Bertz CT molecular complexity index is 1130. The number of carbonyl (C=O) groups excluding carboxylic acids is 2. The number of rotatable bonds is 6. The van der Waals surface area contributed by atoms with Crippen molar-refractivity contribution in [3.8, 4) is 5.75 Å². The Morgan fingerprint density at radius 1 is 1.23 bits per heavy atom. The van der Waals surface area contributed by atoms with Crippen molar-refractivity contribution in [2.75, 3.05) is 13.1 Å². The highest BCUT2D eigenvalue weighted by Crippen LogP contribution is 2.27. The molecule has 0 saturated carbocycles. The second kappa shape index (κ2) is 8.89. The third kappa shape index (κ3) is 5.11. The summed E-state index contributed by atoms with van der Waals surface area (Å²) in [5.74, 6) is -2.12. The van der Waals surface area contributed by atoms with Gasteiger partial charge >= 0.3 is 0 Å². The summed E-state index contributed by atoms with van der Waals surface area (Å²) >= 11 is 0. The predicted octanol–water partition coefficient (Wildman–Crippen LogP) is 2.55. The summed E-state index contributed by atoms with van der Waals surface area (Å²) < 4.78 is 46.2. The van der Waals surface area contributed by atoms with Crippen LogP contribution in [0.15, 0.2) is 59.7 Å². The fourth-order valence-electron chi connectivity index (χ4n) is 3.25. The first-order valence-electron chi connectivity index (χ1n) is 9.59. The smallest absolute Gasteiger partial charge is 0.266 e. The third-order valence-corrected chi connectivity index (χ3v) is 6.57. The molecule has 0 bridgehead atoms. The lowest BCUT2D eigenvalue weighted by Crippen LogP contribution is -2.42. The van der Waals surface area contributed by atoms with Crippen molar-refractivity contribution in [3.63, 3.8) is 0 Å². The Hall–Kier alpha value is -3.20. The quantitative estimate of drug-likeness (QED) is 0.689. The van der Waals surface area contributed by atoms with E-state index in [1.807, 2.05) is 0 Å². The van der Waals surface area contributed by atoms with Crippen molar-refractivity contribution < 1.29 is 27.1 Å². The topological polar surface area (TPSA) is 92.8 Å². The molecule has 0 aromatic heterocycles. The lowest BCUT2D eigenvalue weighted by atomic mass is 9.97. The number of nitrogens with one attached hydrogen (secondary N) is 1. The molecule has 0 radical (unpaired) electrons. The van der Waals surface area contributed by atoms with Crippen LogP contribution in [-0.4, -0.2) is 37.6 Å². The molecule has 0 spiro atoms. The summed E-state index contributed by atoms with van der Waals surface area (Å²) in [7, 11) is -4.24. The number of carbonyl (C=O) groups is 2. The molecular formula is C22H23FN2O5S. The van der Waals surface area contributed by atoms with Crippen molar-refractivity contribution in [2.24, 2.45) is 5.92 Å². The fourth-order valence-corrected chi connectivity index (χ4v) is 4.66. The molecule has 2 aromatic carbocycles. The molecule has 7 nitrogen and oxygen atoms in total. The predicted molar refractivity (Wildman–Crippen MR) is 112 cm³/mol. The van der Waals surface area contributed by atoms with Crippen molar-refractivity contribution in [2.45, 2.75) is 25.2 Å². The number of benzene rings is 2. The molecular weight excluding hydrogens is 423 g/mol. The minimum absolute atomic E-state index is 0.0284. The summed E-state index contributed by atoms with van der Waals surface area (Å²) in [6.07, 6.45) is -0.0284. The van der Waals surface area contributed by atoms with E-state index >= 15 is 0 Å². The standard InChI is InChI=1S/C22H23FN2O5S/c1-14(2)30-20-9-6-18(23)11-16(20)10-17-12-24-21(26)13-25(22(17)27)31(28,29)19-7-4-15(3)5-8-19/h4-9,11,17H,1,10,12-13H2,2-3H3,(H,24,26). The van der Waals surface area contributed by atoms with Crippen molar-refractivity contribution in [1.29, 1.82) is 0 Å². The number of sulfonamides is 1. The number of ether oxygens (including phenoxy) is 1. The molecule has 1 heterocycles. The van der Waals surface area contributed by atoms with Crippen LogP contribution in [0.1, 0.15) is 18.1 Å². The van der Waals surface area contributed by atoms with Crippen LogP contribution >= 0.6 is 0 Å². The normalized spacial score (nSPS) is 17.1. The van der Waals surface area contributed by atoms with Crippen molar-refractivity contribution in [1.82, 2.24) is 9.62 Å². The summed E-state index contributed by atoms with van der Waals surface area (Å²) in [6, 6.07) is 9.85. The van der Waals surface area contributed by atoms with E-state index in [9.17, 15) is 22.4 Å². The molecule has 0 aliphatic carbocycles. The van der Waals surface area contributed by atoms with E-state index in [1.54, 1.807) is 26.0 Å². The number of allylic oxidation sites excluding steroid dienone is 1. The Morgan fingerprint density at radius 2 is 1.90 bits per heavy atom. The largest absolute Gasteiger partial charge is 0.462 e. The highest BCUT2D eigenvalue weighted by molar-refractivity contribution is 7.89. The van der Waals surface area contributed by atoms with Gasteiger partial charge in [-0.05, 0) is 56.2 Å². The Labute approximate surface area is 180 Å². The molecule has 3 rings (SSSR count). The van der Waals surface area contributed by atoms with Gasteiger partial charge in [0.25, 0.3) is 10.0 Å². The minimum atomic E-state index is -4.24. The van der Waals surface area contributed by atoms with Crippen molar-refractivity contribution >= 4 is 21.8 Å². The van der Waals surface area contributed by atoms with Gasteiger partial charge < -0.3 is 10.1 Å². The average molecular weight is 447 g/mol. The van der Waals surface area contributed by atoms with Crippen LogP contribution in [0.2, 0.25) is 0 Å². The molecule has 164 valence electrons. The minimum Gasteiger partial charge on any atom is -0.462 e. The van der Waals surface area contributed by atoms with Crippen molar-refractivity contribution in [3.05, 3.63) is 71.7 Å². The number of halogens is 1. The Kier molecular flexibility index (Phi) is 6.45. The van der Waals surface area contributed by atoms with Crippen LogP contribution in [0, 0.1) is 18.7 Å². The lowest BCUT2D eigenvalue weighted by Gasteiger charge is -2.23. The van der Waals surface area contributed by atoms with Crippen LogP contribution < -0.4 is 10.1 Å². The zero-order valence-electron chi connectivity index (χ0n) is 17.2. The first kappa shape index (κ1) is 22.5. The molecule has 1 fully saturated rings. The molecule has 2 amide bonds. The third-order valence-electron chi connectivity index (χ3n) is 4.81. The molecule has 9 heteroatoms. The maximum atomic E-state index is 13.9. The number of nitrogens with zero attached hydrogens (tertiary/aromatic N) is 1. The summed E-state index contributed by atoms with van der Waals surface area (Å²) in [6.45, 7) is 6.38. The van der Waals surface area contributed by atoms with E-state index in [1.165, 1.54) is 30.3 Å². The Morgan fingerprint density at radius 3 is 2.55 bits per heavy atom. The second-order valence-corrected chi connectivity index (χ2v) is 9.29. The summed E-state index contributed by atoms with van der Waals surface area (Å²) in [5, 5.41) is 2.56. The maximum Gasteiger partial charge on any atom is 0.266 e. The van der Waals surface area contributed by atoms with Gasteiger partial charge in [-0.3, -0.25) is 9.59 Å². The lowest BCUT2D eigenvalue weighted by molar-refractivity contribution is -0.131. The van der Waals surface area contributed by atoms with Gasteiger partial charge in [-0.25, -0.2) is 17.1 Å². The van der Waals surface area contributed by atoms with Gasteiger partial charge in [0, 0.05) is 6.54 Å². The summed E-state index contributed by atoms with van der Waals surface area (Å²) in [4.78, 5) is 25.3. The zero-order chi connectivity index (χ0) is 22.8. The van der Waals surface area contributed by atoms with Gasteiger partial charge in [0.2, 0.25) is 11.8 Å². The van der Waals surface area contributed by atoms with Gasteiger partial charge in [-0.2, -0.15) is 0 Å². The van der Waals surface area contributed by atoms with E-state index < -0.39 is 40.1 Å². The van der Waals surface area contributed by atoms with Crippen LogP contribution in [-0.2, 0) is 26.0 Å². The molecule has 1 N–H and O–H groups in total. The number of amides is 2. The van der Waals surface area contributed by atoms with Gasteiger partial charge in [-0.15, -0.1) is 0 Å². The molecule has 31 heavy (non-hydrogen) atoms. The fraction of sp³-hybridized carbons (Fsp3) is 0.273. The molecule has 2 aromatic rings.